The summed E-state index contributed by atoms with van der Waals surface area (Å²) in [6.07, 6.45) is 1.83. The zero-order valence-electron chi connectivity index (χ0n) is 11.8. The van der Waals surface area contributed by atoms with E-state index >= 15 is 0 Å². The molecule has 0 aliphatic heterocycles. The summed E-state index contributed by atoms with van der Waals surface area (Å²) >= 11 is 7.15. The number of halogens is 1. The third kappa shape index (κ3) is 4.30. The van der Waals surface area contributed by atoms with Crippen molar-refractivity contribution in [2.75, 3.05) is 11.6 Å². The Morgan fingerprint density at radius 1 is 1.48 bits per heavy atom. The van der Waals surface area contributed by atoms with E-state index in [1.54, 1.807) is 0 Å². The molecule has 10 heteroatoms. The van der Waals surface area contributed by atoms with Gasteiger partial charge in [0.15, 0.2) is 0 Å². The molecule has 120 valence electrons. The van der Waals surface area contributed by atoms with Crippen molar-refractivity contribution in [1.29, 1.82) is 0 Å². The lowest BCUT2D eigenvalue weighted by molar-refractivity contribution is -0.384. The summed E-state index contributed by atoms with van der Waals surface area (Å²) in [5.74, 6) is 0.176. The lowest BCUT2D eigenvalue weighted by Crippen LogP contribution is -2.20. The van der Waals surface area contributed by atoms with Gasteiger partial charge in [-0.05, 0) is 18.4 Å². The fraction of sp³-hybridized carbons (Fsp3) is 0.154. The van der Waals surface area contributed by atoms with Crippen molar-refractivity contribution < 1.29 is 9.72 Å². The van der Waals surface area contributed by atoms with Crippen LogP contribution in [0.3, 0.4) is 0 Å². The second-order valence-corrected chi connectivity index (χ2v) is 5.66. The van der Waals surface area contributed by atoms with Crippen molar-refractivity contribution in [1.82, 2.24) is 9.97 Å². The zero-order valence-corrected chi connectivity index (χ0v) is 13.4. The number of rotatable bonds is 5. The Morgan fingerprint density at radius 3 is 2.87 bits per heavy atom. The molecular weight excluding hydrogens is 344 g/mol. The first kappa shape index (κ1) is 17.0. The summed E-state index contributed by atoms with van der Waals surface area (Å²) < 4.78 is 0. The molecule has 2 N–H and O–H groups in total. The molecule has 1 amide bonds. The topological polar surface area (TPSA) is 118 Å². The summed E-state index contributed by atoms with van der Waals surface area (Å²) in [5, 5.41) is 13.3. The molecule has 2 rings (SSSR count). The molecule has 8 nitrogen and oxygen atoms in total. The molecule has 0 spiro atoms. The molecule has 0 aliphatic rings. The minimum absolute atomic E-state index is 0.0375. The Hall–Kier alpha value is -2.39. The number of hydrogen-bond acceptors (Lipinski definition) is 6. The zero-order chi connectivity index (χ0) is 17.0. The van der Waals surface area contributed by atoms with Crippen LogP contribution in [0.2, 0.25) is 5.02 Å². The number of amides is 1. The molecule has 1 aromatic carbocycles. The molecule has 1 aromatic heterocycles. The minimum atomic E-state index is -0.653. The number of carbonyl (C=O) groups excluding carboxylic acids is 1. The number of nitrogens with one attached hydrogen (secondary N) is 2. The van der Waals surface area contributed by atoms with E-state index in [4.69, 9.17) is 11.6 Å². The number of aromatic nitrogens is 2. The second-order valence-electron chi connectivity index (χ2n) is 4.39. The molecule has 0 unspecified atom stereocenters. The molecule has 0 bridgehead atoms. The van der Waals surface area contributed by atoms with E-state index in [1.807, 2.05) is 6.26 Å². The summed E-state index contributed by atoms with van der Waals surface area (Å²) in [7, 11) is 0. The van der Waals surface area contributed by atoms with Gasteiger partial charge >= 0.3 is 0 Å². The molecule has 1 heterocycles. The van der Waals surface area contributed by atoms with Crippen LogP contribution in [0.15, 0.2) is 29.1 Å². The van der Waals surface area contributed by atoms with E-state index in [2.05, 4.69) is 15.3 Å². The highest BCUT2D eigenvalue weighted by atomic mass is 35.5. The van der Waals surface area contributed by atoms with E-state index in [0.29, 0.717) is 11.6 Å². The molecule has 0 atom stereocenters. The van der Waals surface area contributed by atoms with Crippen LogP contribution in [0.4, 0.5) is 11.4 Å². The molecule has 0 fully saturated rings. The van der Waals surface area contributed by atoms with E-state index in [0.717, 1.165) is 12.1 Å². The quantitative estimate of drug-likeness (QED) is 0.629. The lowest BCUT2D eigenvalue weighted by Gasteiger charge is -2.06. The van der Waals surface area contributed by atoms with Crippen molar-refractivity contribution >= 4 is 40.6 Å². The van der Waals surface area contributed by atoms with Gasteiger partial charge in [0.25, 0.3) is 17.2 Å². The molecular formula is C13H11ClN4O4S. The smallest absolute Gasteiger partial charge is 0.289 e. The largest absolute Gasteiger partial charge is 0.320 e. The van der Waals surface area contributed by atoms with Crippen LogP contribution in [0.25, 0.3) is 0 Å². The third-order valence-corrected chi connectivity index (χ3v) is 3.59. The first-order valence-electron chi connectivity index (χ1n) is 6.25. The van der Waals surface area contributed by atoms with Gasteiger partial charge in [-0.1, -0.05) is 11.6 Å². The van der Waals surface area contributed by atoms with Crippen molar-refractivity contribution in [3.05, 3.63) is 61.3 Å². The summed E-state index contributed by atoms with van der Waals surface area (Å²) in [6.45, 7) is 0. The van der Waals surface area contributed by atoms with Crippen molar-refractivity contribution in [3.8, 4) is 0 Å². The van der Waals surface area contributed by atoms with Crippen LogP contribution in [0.5, 0.6) is 0 Å². The predicted octanol–water partition coefficient (Wildman–Crippen LogP) is 2.45. The molecule has 23 heavy (non-hydrogen) atoms. The van der Waals surface area contributed by atoms with Crippen LogP contribution < -0.4 is 10.9 Å². The van der Waals surface area contributed by atoms with E-state index < -0.39 is 16.4 Å². The van der Waals surface area contributed by atoms with Gasteiger partial charge in [0.1, 0.15) is 16.5 Å². The number of H-pyrrole nitrogens is 1. The second kappa shape index (κ2) is 7.25. The highest BCUT2D eigenvalue weighted by molar-refractivity contribution is 7.97. The van der Waals surface area contributed by atoms with Crippen LogP contribution >= 0.6 is 23.4 Å². The molecule has 0 aliphatic carbocycles. The first-order chi connectivity index (χ1) is 10.9. The Labute approximate surface area is 139 Å². The van der Waals surface area contributed by atoms with E-state index in [1.165, 1.54) is 23.9 Å². The molecule has 2 aromatic rings. The average Bonchev–Trinajstić information content (AvgIpc) is 2.48. The summed E-state index contributed by atoms with van der Waals surface area (Å²) in [5.41, 5.74) is -0.669. The SMILES string of the molecule is CSCc1nc(C(=O)Nc2ccc(Cl)c([N+](=O)[O-])c2)cc(=O)[nH]1. The van der Waals surface area contributed by atoms with Gasteiger partial charge in [-0.25, -0.2) is 4.98 Å². The van der Waals surface area contributed by atoms with Gasteiger partial charge in [-0.15, -0.1) is 0 Å². The third-order valence-electron chi connectivity index (χ3n) is 2.71. The highest BCUT2D eigenvalue weighted by Crippen LogP contribution is 2.27. The maximum Gasteiger partial charge on any atom is 0.289 e. The molecule has 0 saturated heterocycles. The van der Waals surface area contributed by atoms with Gasteiger partial charge in [-0.3, -0.25) is 19.7 Å². The van der Waals surface area contributed by atoms with Gasteiger partial charge < -0.3 is 10.3 Å². The summed E-state index contributed by atoms with van der Waals surface area (Å²) in [6, 6.07) is 4.92. The molecule has 0 radical (unpaired) electrons. The Balaban J connectivity index is 2.27. The predicted molar refractivity (Wildman–Crippen MR) is 88.1 cm³/mol. The number of hydrogen-bond donors (Lipinski definition) is 2. The highest BCUT2D eigenvalue weighted by Gasteiger charge is 2.15. The van der Waals surface area contributed by atoms with Crippen molar-refractivity contribution in [2.24, 2.45) is 0 Å². The number of anilines is 1. The van der Waals surface area contributed by atoms with Crippen LogP contribution in [0.1, 0.15) is 16.3 Å². The maximum atomic E-state index is 12.2. The van der Waals surface area contributed by atoms with Gasteiger partial charge in [-0.2, -0.15) is 11.8 Å². The lowest BCUT2D eigenvalue weighted by atomic mass is 10.2. The van der Waals surface area contributed by atoms with Crippen LogP contribution in [-0.2, 0) is 5.75 Å². The number of thioether (sulfide) groups is 1. The number of nitro benzene ring substituents is 1. The Morgan fingerprint density at radius 2 is 2.22 bits per heavy atom. The monoisotopic (exact) mass is 354 g/mol. The first-order valence-corrected chi connectivity index (χ1v) is 8.02. The van der Waals surface area contributed by atoms with Gasteiger partial charge in [0.05, 0.1) is 10.7 Å². The van der Waals surface area contributed by atoms with Gasteiger partial charge in [0, 0.05) is 17.8 Å². The number of benzene rings is 1. The minimum Gasteiger partial charge on any atom is -0.320 e. The normalized spacial score (nSPS) is 10.3. The maximum absolute atomic E-state index is 12.2. The fourth-order valence-corrected chi connectivity index (χ4v) is 2.35. The summed E-state index contributed by atoms with van der Waals surface area (Å²) in [4.78, 5) is 40.4. The number of nitro groups is 1. The molecule has 0 saturated carbocycles. The van der Waals surface area contributed by atoms with E-state index in [9.17, 15) is 19.7 Å². The van der Waals surface area contributed by atoms with Gasteiger partial charge in [0.2, 0.25) is 0 Å². The number of nitrogens with zero attached hydrogens (tertiary/aromatic N) is 2. The Kier molecular flexibility index (Phi) is 5.35. The van der Waals surface area contributed by atoms with Crippen LogP contribution in [0, 0.1) is 10.1 Å². The fourth-order valence-electron chi connectivity index (χ4n) is 1.75. The van der Waals surface area contributed by atoms with Crippen LogP contribution in [-0.4, -0.2) is 27.1 Å². The standard InChI is InChI=1S/C13H11ClN4O4S/c1-23-6-11-16-9(5-12(19)17-11)13(20)15-7-2-3-8(14)10(4-7)18(21)22/h2-5H,6H2,1H3,(H,15,20)(H,16,17,19). The Bertz CT molecular complexity index is 824. The van der Waals surface area contributed by atoms with Crippen molar-refractivity contribution in [2.45, 2.75) is 5.75 Å². The van der Waals surface area contributed by atoms with Crippen molar-refractivity contribution in [3.63, 3.8) is 0 Å². The van der Waals surface area contributed by atoms with E-state index in [-0.39, 0.29) is 22.1 Å². The number of carbonyl (C=O) groups is 1. The average molecular weight is 355 g/mol. The number of aromatic amines is 1.